The summed E-state index contributed by atoms with van der Waals surface area (Å²) in [6.07, 6.45) is 4.14. The van der Waals surface area contributed by atoms with Gasteiger partial charge in [-0.1, -0.05) is 71.8 Å². The molecule has 25 heavy (non-hydrogen) atoms. The Morgan fingerprint density at radius 1 is 0.640 bits per heavy atom. The summed E-state index contributed by atoms with van der Waals surface area (Å²) < 4.78 is 5.90. The molecule has 0 amide bonds. The third-order valence-electron chi connectivity index (χ3n) is 4.01. The lowest BCUT2D eigenvalue weighted by Crippen LogP contribution is -1.76. The summed E-state index contributed by atoms with van der Waals surface area (Å²) in [5, 5.41) is 2.46. The number of benzene rings is 3. The number of hydrogen-bond donors (Lipinski definition) is 0. The van der Waals surface area contributed by atoms with Crippen LogP contribution in [0.1, 0.15) is 11.1 Å². The fourth-order valence-corrected chi connectivity index (χ4v) is 2.99. The summed E-state index contributed by atoms with van der Waals surface area (Å²) in [5.74, 6) is 0.838. The van der Waals surface area contributed by atoms with Crippen molar-refractivity contribution in [1.29, 1.82) is 0 Å². The van der Waals surface area contributed by atoms with Gasteiger partial charge in [0.05, 0.1) is 0 Å². The highest BCUT2D eigenvalue weighted by atomic mass is 35.5. The monoisotopic (exact) mass is 364 g/mol. The van der Waals surface area contributed by atoms with Crippen LogP contribution in [0.3, 0.4) is 0 Å². The predicted molar refractivity (Wildman–Crippen MR) is 107 cm³/mol. The minimum Gasteiger partial charge on any atom is -0.456 e. The first kappa shape index (κ1) is 16.0. The Kier molecular flexibility index (Phi) is 4.35. The molecular formula is C22H14Cl2O. The molecule has 0 saturated carbocycles. The highest BCUT2D eigenvalue weighted by Gasteiger charge is 2.06. The van der Waals surface area contributed by atoms with Crippen LogP contribution in [0, 0.1) is 0 Å². The quantitative estimate of drug-likeness (QED) is 0.341. The first-order valence-electron chi connectivity index (χ1n) is 7.91. The van der Waals surface area contributed by atoms with E-state index in [0.717, 1.165) is 38.4 Å². The van der Waals surface area contributed by atoms with Gasteiger partial charge in [0, 0.05) is 21.0 Å². The van der Waals surface area contributed by atoms with Crippen LogP contribution in [0.15, 0.2) is 77.2 Å². The molecule has 0 fully saturated rings. The fraction of sp³-hybridized carbons (Fsp3) is 0. The van der Waals surface area contributed by atoms with Crippen molar-refractivity contribution in [2.75, 3.05) is 0 Å². The molecule has 0 spiro atoms. The van der Waals surface area contributed by atoms with Gasteiger partial charge in [-0.15, -0.1) is 0 Å². The van der Waals surface area contributed by atoms with Crippen molar-refractivity contribution in [2.24, 2.45) is 0 Å². The van der Waals surface area contributed by atoms with E-state index in [1.165, 1.54) is 0 Å². The first-order chi connectivity index (χ1) is 12.2. The lowest BCUT2D eigenvalue weighted by Gasteiger charge is -1.99. The molecule has 0 atom stereocenters. The average molecular weight is 365 g/mol. The molecule has 0 aliphatic heterocycles. The molecule has 3 heteroatoms. The fourth-order valence-electron chi connectivity index (χ4n) is 2.68. The molecule has 0 aliphatic carbocycles. The summed E-state index contributed by atoms with van der Waals surface area (Å²) in [6.45, 7) is 0. The molecule has 0 saturated heterocycles. The largest absolute Gasteiger partial charge is 0.456 e. The van der Waals surface area contributed by atoms with Crippen LogP contribution in [0.25, 0.3) is 34.4 Å². The van der Waals surface area contributed by atoms with Crippen molar-refractivity contribution in [3.63, 3.8) is 0 Å². The highest BCUT2D eigenvalue weighted by molar-refractivity contribution is 6.31. The van der Waals surface area contributed by atoms with Crippen molar-refractivity contribution >= 4 is 46.3 Å². The molecule has 1 heterocycles. The van der Waals surface area contributed by atoms with E-state index in [9.17, 15) is 0 Å². The Hall–Kier alpha value is -2.48. The van der Waals surface area contributed by atoms with E-state index in [0.29, 0.717) is 5.02 Å². The molecule has 0 radical (unpaired) electrons. The summed E-state index contributed by atoms with van der Waals surface area (Å²) in [4.78, 5) is 0. The van der Waals surface area contributed by atoms with Crippen molar-refractivity contribution < 1.29 is 4.42 Å². The maximum absolute atomic E-state index is 6.03. The van der Waals surface area contributed by atoms with Gasteiger partial charge < -0.3 is 4.42 Å². The Balaban J connectivity index is 1.57. The standard InChI is InChI=1S/C22H14Cl2O/c23-19-9-5-16(6-10-19)2-1-15-3-7-17(8-4-15)22-14-18-13-20(24)11-12-21(18)25-22/h1-14H/b2-1+. The van der Waals surface area contributed by atoms with Crippen LogP contribution in [-0.4, -0.2) is 0 Å². The van der Waals surface area contributed by atoms with Crippen molar-refractivity contribution in [2.45, 2.75) is 0 Å². The Labute approximate surface area is 156 Å². The van der Waals surface area contributed by atoms with Crippen LogP contribution >= 0.6 is 23.2 Å². The van der Waals surface area contributed by atoms with Gasteiger partial charge in [0.25, 0.3) is 0 Å². The van der Waals surface area contributed by atoms with Gasteiger partial charge in [-0.3, -0.25) is 0 Å². The second-order valence-electron chi connectivity index (χ2n) is 5.80. The zero-order valence-electron chi connectivity index (χ0n) is 13.2. The van der Waals surface area contributed by atoms with E-state index in [1.54, 1.807) is 0 Å². The minimum absolute atomic E-state index is 0.711. The summed E-state index contributed by atoms with van der Waals surface area (Å²) >= 11 is 11.9. The van der Waals surface area contributed by atoms with E-state index in [4.69, 9.17) is 27.6 Å². The molecule has 3 aromatic carbocycles. The average Bonchev–Trinajstić information content (AvgIpc) is 3.05. The van der Waals surface area contributed by atoms with Gasteiger partial charge in [0.2, 0.25) is 0 Å². The number of halogens is 2. The van der Waals surface area contributed by atoms with Gasteiger partial charge >= 0.3 is 0 Å². The summed E-state index contributed by atoms with van der Waals surface area (Å²) in [6, 6.07) is 23.7. The summed E-state index contributed by atoms with van der Waals surface area (Å²) in [5.41, 5.74) is 4.11. The van der Waals surface area contributed by atoms with E-state index < -0.39 is 0 Å². The van der Waals surface area contributed by atoms with Gasteiger partial charge in [-0.25, -0.2) is 0 Å². The lowest BCUT2D eigenvalue weighted by atomic mass is 10.1. The van der Waals surface area contributed by atoms with Gasteiger partial charge in [0.1, 0.15) is 11.3 Å². The third-order valence-corrected chi connectivity index (χ3v) is 4.50. The lowest BCUT2D eigenvalue weighted by molar-refractivity contribution is 0.631. The number of hydrogen-bond acceptors (Lipinski definition) is 1. The first-order valence-corrected chi connectivity index (χ1v) is 8.66. The number of furan rings is 1. The maximum atomic E-state index is 6.03. The van der Waals surface area contributed by atoms with Crippen LogP contribution in [0.4, 0.5) is 0 Å². The van der Waals surface area contributed by atoms with Gasteiger partial charge in [-0.2, -0.15) is 0 Å². The molecular weight excluding hydrogens is 351 g/mol. The normalized spacial score (nSPS) is 11.4. The van der Waals surface area contributed by atoms with Crippen LogP contribution < -0.4 is 0 Å². The van der Waals surface area contributed by atoms with Gasteiger partial charge in [-0.05, 0) is 47.5 Å². The van der Waals surface area contributed by atoms with Gasteiger partial charge in [0.15, 0.2) is 0 Å². The molecule has 122 valence electrons. The van der Waals surface area contributed by atoms with E-state index in [2.05, 4.69) is 36.4 Å². The second-order valence-corrected chi connectivity index (χ2v) is 6.67. The van der Waals surface area contributed by atoms with Crippen molar-refractivity contribution in [3.05, 3.63) is 94.0 Å². The third kappa shape index (κ3) is 3.63. The molecule has 0 bridgehead atoms. The molecule has 0 aliphatic rings. The zero-order valence-corrected chi connectivity index (χ0v) is 14.8. The molecule has 4 aromatic rings. The van der Waals surface area contributed by atoms with Crippen LogP contribution in [0.2, 0.25) is 10.0 Å². The minimum atomic E-state index is 0.711. The van der Waals surface area contributed by atoms with E-state index in [-0.39, 0.29) is 0 Å². The van der Waals surface area contributed by atoms with Crippen molar-refractivity contribution in [3.8, 4) is 11.3 Å². The van der Waals surface area contributed by atoms with E-state index in [1.807, 2.05) is 48.5 Å². The Morgan fingerprint density at radius 2 is 1.24 bits per heavy atom. The molecule has 0 unspecified atom stereocenters. The van der Waals surface area contributed by atoms with Crippen LogP contribution in [0.5, 0.6) is 0 Å². The topological polar surface area (TPSA) is 13.1 Å². The van der Waals surface area contributed by atoms with E-state index >= 15 is 0 Å². The molecule has 1 nitrogen and oxygen atoms in total. The molecule has 4 rings (SSSR count). The Morgan fingerprint density at radius 3 is 1.92 bits per heavy atom. The van der Waals surface area contributed by atoms with Crippen molar-refractivity contribution in [1.82, 2.24) is 0 Å². The highest BCUT2D eigenvalue weighted by Crippen LogP contribution is 2.29. The molecule has 0 N–H and O–H groups in total. The SMILES string of the molecule is Clc1ccc(/C=C/c2ccc(-c3cc4cc(Cl)ccc4o3)cc2)cc1. The molecule has 1 aromatic heterocycles. The zero-order chi connectivity index (χ0) is 17.2. The number of rotatable bonds is 3. The number of fused-ring (bicyclic) bond motifs is 1. The predicted octanol–water partition coefficient (Wildman–Crippen LogP) is 7.58. The Bertz CT molecular complexity index is 1040. The second kappa shape index (κ2) is 6.79. The smallest absolute Gasteiger partial charge is 0.135 e. The van der Waals surface area contributed by atoms with Crippen LogP contribution in [-0.2, 0) is 0 Å². The maximum Gasteiger partial charge on any atom is 0.135 e. The summed E-state index contributed by atoms with van der Waals surface area (Å²) in [7, 11) is 0.